The molecule has 0 aromatic carbocycles. The Morgan fingerprint density at radius 2 is 1.50 bits per heavy atom. The van der Waals surface area contributed by atoms with Crippen LogP contribution < -0.4 is 5.32 Å². The molecule has 0 amide bonds. The Hall–Kier alpha value is 0.190. The second-order valence-electron chi connectivity index (χ2n) is 4.24. The summed E-state index contributed by atoms with van der Waals surface area (Å²) in [5.41, 5.74) is 0. The number of rotatable bonds is 14. The largest absolute Gasteiger partial charge is 0.379 e. The first kappa shape index (κ1) is 18.2. The zero-order valence-corrected chi connectivity index (χ0v) is 12.7. The molecule has 1 unspecified atom stereocenters. The number of unbranched alkanes of at least 4 members (excludes halogenated alkanes) is 1. The third-order valence-electron chi connectivity index (χ3n) is 2.25. The fourth-order valence-corrected chi connectivity index (χ4v) is 1.37. The van der Waals surface area contributed by atoms with Crippen molar-refractivity contribution < 1.29 is 14.2 Å². The number of ether oxygens (including phenoxy) is 3. The summed E-state index contributed by atoms with van der Waals surface area (Å²) in [7, 11) is 0. The van der Waals surface area contributed by atoms with E-state index >= 15 is 0 Å². The van der Waals surface area contributed by atoms with Crippen molar-refractivity contribution in [2.45, 2.75) is 31.9 Å². The monoisotopic (exact) mass is 279 g/mol. The van der Waals surface area contributed by atoms with Crippen molar-refractivity contribution in [3.05, 3.63) is 0 Å². The van der Waals surface area contributed by atoms with Crippen LogP contribution in [0.3, 0.4) is 0 Å². The van der Waals surface area contributed by atoms with Crippen LogP contribution >= 0.6 is 12.6 Å². The van der Waals surface area contributed by atoms with Gasteiger partial charge in [-0.1, -0.05) is 20.3 Å². The lowest BCUT2D eigenvalue weighted by Crippen LogP contribution is -2.25. The summed E-state index contributed by atoms with van der Waals surface area (Å²) in [6.45, 7) is 10.2. The Balaban J connectivity index is 2.90. The summed E-state index contributed by atoms with van der Waals surface area (Å²) in [6, 6.07) is 0. The fraction of sp³-hybridized carbons (Fsp3) is 1.00. The minimum Gasteiger partial charge on any atom is -0.379 e. The smallest absolute Gasteiger partial charge is 0.0701 e. The highest BCUT2D eigenvalue weighted by Crippen LogP contribution is 1.88. The quantitative estimate of drug-likeness (QED) is 0.375. The number of hydrogen-bond acceptors (Lipinski definition) is 5. The second-order valence-corrected chi connectivity index (χ2v) is 5.13. The number of nitrogens with one attached hydrogen (secondary N) is 1. The van der Waals surface area contributed by atoms with Gasteiger partial charge in [0.2, 0.25) is 0 Å². The maximum Gasteiger partial charge on any atom is 0.0701 e. The predicted octanol–water partition coefficient (Wildman–Crippen LogP) is 1.74. The fourth-order valence-electron chi connectivity index (χ4n) is 1.24. The molecule has 0 rings (SSSR count). The molecule has 1 N–H and O–H groups in total. The molecule has 0 bridgehead atoms. The van der Waals surface area contributed by atoms with Crippen LogP contribution in [-0.4, -0.2) is 58.0 Å². The molecule has 18 heavy (non-hydrogen) atoms. The van der Waals surface area contributed by atoms with Crippen molar-refractivity contribution in [2.24, 2.45) is 0 Å². The summed E-state index contributed by atoms with van der Waals surface area (Å²) in [5, 5.41) is 3.64. The summed E-state index contributed by atoms with van der Waals surface area (Å²) >= 11 is 4.28. The first-order valence-electron chi connectivity index (χ1n) is 6.89. The van der Waals surface area contributed by atoms with E-state index in [0.717, 1.165) is 32.7 Å². The van der Waals surface area contributed by atoms with Crippen LogP contribution in [0.5, 0.6) is 0 Å². The molecule has 0 aliphatic carbocycles. The van der Waals surface area contributed by atoms with Crippen LogP contribution in [0, 0.1) is 0 Å². The second kappa shape index (κ2) is 15.2. The van der Waals surface area contributed by atoms with Crippen molar-refractivity contribution in [1.29, 1.82) is 0 Å². The van der Waals surface area contributed by atoms with Crippen LogP contribution in [-0.2, 0) is 14.2 Å². The van der Waals surface area contributed by atoms with Crippen molar-refractivity contribution in [1.82, 2.24) is 5.32 Å². The van der Waals surface area contributed by atoms with Gasteiger partial charge < -0.3 is 19.5 Å². The summed E-state index contributed by atoms with van der Waals surface area (Å²) < 4.78 is 16.2. The molecule has 0 saturated carbocycles. The van der Waals surface area contributed by atoms with Gasteiger partial charge in [0.25, 0.3) is 0 Å². The van der Waals surface area contributed by atoms with Gasteiger partial charge in [0.15, 0.2) is 0 Å². The van der Waals surface area contributed by atoms with Gasteiger partial charge in [-0.15, -0.1) is 0 Å². The minimum atomic E-state index is 0.390. The first-order valence-corrected chi connectivity index (χ1v) is 7.41. The van der Waals surface area contributed by atoms with Crippen LogP contribution in [0.25, 0.3) is 0 Å². The molecule has 0 heterocycles. The average Bonchev–Trinajstić information content (AvgIpc) is 2.34. The first-order chi connectivity index (χ1) is 8.77. The van der Waals surface area contributed by atoms with Gasteiger partial charge >= 0.3 is 0 Å². The molecule has 110 valence electrons. The molecule has 0 fully saturated rings. The number of thiol groups is 1. The van der Waals surface area contributed by atoms with E-state index in [1.165, 1.54) is 6.42 Å². The van der Waals surface area contributed by atoms with Crippen molar-refractivity contribution in [3.8, 4) is 0 Å². The summed E-state index contributed by atoms with van der Waals surface area (Å²) in [5.74, 6) is 0. The predicted molar refractivity (Wildman–Crippen MR) is 78.7 cm³/mol. The third-order valence-corrected chi connectivity index (χ3v) is 2.43. The van der Waals surface area contributed by atoms with Crippen LogP contribution in [0.1, 0.15) is 26.7 Å². The van der Waals surface area contributed by atoms with Gasteiger partial charge in [-0.25, -0.2) is 0 Å². The Labute approximate surface area is 117 Å². The highest BCUT2D eigenvalue weighted by Gasteiger charge is 1.94. The molecule has 0 aliphatic rings. The standard InChI is InChI=1S/C13H29NO3S/c1-3-4-6-15-8-10-17-11-9-16-7-5-14-12-13(2)18/h13-14,18H,3-12H2,1-2H3. The van der Waals surface area contributed by atoms with Crippen molar-refractivity contribution in [2.75, 3.05) is 52.7 Å². The van der Waals surface area contributed by atoms with Gasteiger partial charge in [0, 0.05) is 24.9 Å². The number of hydrogen-bond donors (Lipinski definition) is 2. The molecule has 0 saturated heterocycles. The van der Waals surface area contributed by atoms with E-state index in [1.54, 1.807) is 0 Å². The van der Waals surface area contributed by atoms with E-state index in [4.69, 9.17) is 14.2 Å². The van der Waals surface area contributed by atoms with E-state index < -0.39 is 0 Å². The summed E-state index contributed by atoms with van der Waals surface area (Å²) in [6.07, 6.45) is 2.30. The lowest BCUT2D eigenvalue weighted by molar-refractivity contribution is 0.0147. The molecular weight excluding hydrogens is 250 g/mol. The lowest BCUT2D eigenvalue weighted by Gasteiger charge is -2.08. The molecule has 0 radical (unpaired) electrons. The molecule has 4 nitrogen and oxygen atoms in total. The third kappa shape index (κ3) is 16.2. The normalized spacial score (nSPS) is 12.8. The van der Waals surface area contributed by atoms with E-state index in [9.17, 15) is 0 Å². The summed E-state index contributed by atoms with van der Waals surface area (Å²) in [4.78, 5) is 0. The molecule has 0 aliphatic heterocycles. The molecule has 0 spiro atoms. The van der Waals surface area contributed by atoms with E-state index in [0.29, 0.717) is 31.7 Å². The van der Waals surface area contributed by atoms with E-state index in [2.05, 4.69) is 31.8 Å². The Kier molecular flexibility index (Phi) is 15.4. The molecular formula is C13H29NO3S. The van der Waals surface area contributed by atoms with Gasteiger partial charge in [0.05, 0.1) is 33.0 Å². The Morgan fingerprint density at radius 1 is 0.944 bits per heavy atom. The average molecular weight is 279 g/mol. The van der Waals surface area contributed by atoms with Gasteiger partial charge in [0.1, 0.15) is 0 Å². The molecule has 1 atom stereocenters. The van der Waals surface area contributed by atoms with Gasteiger partial charge in [-0.05, 0) is 6.42 Å². The highest BCUT2D eigenvalue weighted by molar-refractivity contribution is 7.80. The SMILES string of the molecule is CCCCOCCOCCOCCNCC(C)S. The van der Waals surface area contributed by atoms with Crippen LogP contribution in [0.15, 0.2) is 0 Å². The lowest BCUT2D eigenvalue weighted by atomic mass is 10.4. The van der Waals surface area contributed by atoms with Crippen LogP contribution in [0.4, 0.5) is 0 Å². The molecule has 0 aromatic rings. The zero-order valence-electron chi connectivity index (χ0n) is 11.8. The maximum atomic E-state index is 5.41. The highest BCUT2D eigenvalue weighted by atomic mass is 32.1. The van der Waals surface area contributed by atoms with Gasteiger partial charge in [-0.3, -0.25) is 0 Å². The minimum absolute atomic E-state index is 0.390. The van der Waals surface area contributed by atoms with Crippen molar-refractivity contribution in [3.63, 3.8) is 0 Å². The van der Waals surface area contributed by atoms with E-state index in [-0.39, 0.29) is 0 Å². The van der Waals surface area contributed by atoms with Gasteiger partial charge in [-0.2, -0.15) is 12.6 Å². The molecule has 5 heteroatoms. The molecule has 0 aromatic heterocycles. The van der Waals surface area contributed by atoms with Crippen molar-refractivity contribution >= 4 is 12.6 Å². The Morgan fingerprint density at radius 3 is 2.06 bits per heavy atom. The topological polar surface area (TPSA) is 39.7 Å². The Bertz CT molecular complexity index is 159. The maximum absolute atomic E-state index is 5.41. The van der Waals surface area contributed by atoms with Crippen LogP contribution in [0.2, 0.25) is 0 Å². The van der Waals surface area contributed by atoms with E-state index in [1.807, 2.05) is 0 Å². The zero-order chi connectivity index (χ0) is 13.5.